The van der Waals surface area contributed by atoms with Crippen LogP contribution in [-0.4, -0.2) is 0 Å². The fourth-order valence-corrected chi connectivity index (χ4v) is 4.46. The molecule has 0 aliphatic rings. The SMILES string of the molecule is BrC#Cc1cc(C#CBr)c2ccc3c(C#CBr)cc(C#CBr)c4ccc1c2c43. The van der Waals surface area contributed by atoms with Crippen LogP contribution in [-0.2, 0) is 0 Å². The summed E-state index contributed by atoms with van der Waals surface area (Å²) in [6, 6.07) is 12.5. The Bertz CT molecular complexity index is 1290. The Kier molecular flexibility index (Phi) is 5.69. The van der Waals surface area contributed by atoms with Gasteiger partial charge in [0, 0.05) is 86.0 Å². The predicted octanol–water partition coefficient (Wildman–Crippen LogP) is 7.40. The number of rotatable bonds is 0. The van der Waals surface area contributed by atoms with Gasteiger partial charge in [-0.3, -0.25) is 0 Å². The summed E-state index contributed by atoms with van der Waals surface area (Å²) >= 11 is 12.9. The Morgan fingerprint density at radius 2 is 0.679 bits per heavy atom. The molecule has 0 atom stereocenters. The van der Waals surface area contributed by atoms with Gasteiger partial charge < -0.3 is 0 Å². The molecule has 0 aliphatic heterocycles. The van der Waals surface area contributed by atoms with E-state index in [-0.39, 0.29) is 0 Å². The molecule has 0 aliphatic carbocycles. The molecular formula is C24H6Br4. The molecule has 28 heavy (non-hydrogen) atoms. The summed E-state index contributed by atoms with van der Waals surface area (Å²) in [6.45, 7) is 0. The van der Waals surface area contributed by atoms with Crippen molar-refractivity contribution in [1.82, 2.24) is 0 Å². The van der Waals surface area contributed by atoms with Gasteiger partial charge in [-0.05, 0) is 63.8 Å². The highest BCUT2D eigenvalue weighted by Gasteiger charge is 2.16. The third-order valence-corrected chi connectivity index (χ3v) is 5.42. The van der Waals surface area contributed by atoms with Crippen LogP contribution in [0.2, 0.25) is 0 Å². The largest absolute Gasteiger partial charge is 0.0538 e. The molecule has 4 heteroatoms. The predicted molar refractivity (Wildman–Crippen MR) is 133 cm³/mol. The summed E-state index contributed by atoms with van der Waals surface area (Å²) in [5.74, 6) is 12.6. The van der Waals surface area contributed by atoms with Crippen molar-refractivity contribution < 1.29 is 0 Å². The lowest BCUT2D eigenvalue weighted by atomic mass is 9.86. The molecule has 0 saturated carbocycles. The second kappa shape index (κ2) is 8.21. The first-order chi connectivity index (χ1) is 13.7. The van der Waals surface area contributed by atoms with E-state index in [4.69, 9.17) is 0 Å². The van der Waals surface area contributed by atoms with Crippen LogP contribution in [0.25, 0.3) is 32.3 Å². The van der Waals surface area contributed by atoms with Crippen LogP contribution < -0.4 is 0 Å². The van der Waals surface area contributed by atoms with E-state index in [0.29, 0.717) is 0 Å². The Hall–Kier alpha value is -1.92. The van der Waals surface area contributed by atoms with Crippen molar-refractivity contribution >= 4 is 96.0 Å². The highest BCUT2D eigenvalue weighted by molar-refractivity contribution is 9.12. The van der Waals surface area contributed by atoms with Crippen molar-refractivity contribution in [3.63, 3.8) is 0 Å². The van der Waals surface area contributed by atoms with E-state index in [1.54, 1.807) is 0 Å². The first kappa shape index (κ1) is 19.4. The molecule has 130 valence electrons. The fraction of sp³-hybridized carbons (Fsp3) is 0. The summed E-state index contributed by atoms with van der Waals surface area (Å²) in [4.78, 5) is 11.3. The normalized spacial score (nSPS) is 9.71. The maximum absolute atomic E-state index is 3.23. The minimum atomic E-state index is 0.925. The van der Waals surface area contributed by atoms with E-state index in [9.17, 15) is 0 Å². The van der Waals surface area contributed by atoms with Crippen molar-refractivity contribution in [1.29, 1.82) is 0 Å². The molecule has 0 aromatic heterocycles. The average molecular weight is 614 g/mol. The number of hydrogen-bond acceptors (Lipinski definition) is 0. The second-order valence-electron chi connectivity index (χ2n) is 5.89. The zero-order valence-corrected chi connectivity index (χ0v) is 20.3. The number of hydrogen-bond donors (Lipinski definition) is 0. The van der Waals surface area contributed by atoms with Gasteiger partial charge in [0.2, 0.25) is 0 Å². The van der Waals surface area contributed by atoms with E-state index in [0.717, 1.165) is 54.6 Å². The lowest BCUT2D eigenvalue weighted by Gasteiger charge is -2.15. The molecule has 0 radical (unpaired) electrons. The van der Waals surface area contributed by atoms with Crippen molar-refractivity contribution in [2.75, 3.05) is 0 Å². The van der Waals surface area contributed by atoms with E-state index in [2.05, 4.69) is 131 Å². The summed E-state index contributed by atoms with van der Waals surface area (Å²) in [6.07, 6.45) is 0. The minimum absolute atomic E-state index is 0.925. The summed E-state index contributed by atoms with van der Waals surface area (Å²) < 4.78 is 0. The Balaban J connectivity index is 2.37. The van der Waals surface area contributed by atoms with Crippen molar-refractivity contribution in [3.05, 3.63) is 58.7 Å². The third kappa shape index (κ3) is 3.12. The molecule has 0 unspecified atom stereocenters. The van der Waals surface area contributed by atoms with Gasteiger partial charge in [-0.2, -0.15) is 0 Å². The third-order valence-electron chi connectivity index (χ3n) is 4.63. The molecule has 0 N–H and O–H groups in total. The average Bonchev–Trinajstić information content (AvgIpc) is 2.70. The van der Waals surface area contributed by atoms with Gasteiger partial charge >= 0.3 is 0 Å². The summed E-state index contributed by atoms with van der Waals surface area (Å²) in [5, 5.41) is 6.60. The topological polar surface area (TPSA) is 0 Å². The van der Waals surface area contributed by atoms with Gasteiger partial charge in [0.15, 0.2) is 0 Å². The molecule has 0 heterocycles. The number of benzene rings is 4. The molecule has 4 aromatic rings. The summed E-state index contributed by atoms with van der Waals surface area (Å²) in [5.41, 5.74) is 3.70. The number of halogens is 4. The van der Waals surface area contributed by atoms with Crippen LogP contribution >= 0.6 is 63.7 Å². The Morgan fingerprint density at radius 3 is 0.893 bits per heavy atom. The van der Waals surface area contributed by atoms with E-state index < -0.39 is 0 Å². The fourth-order valence-electron chi connectivity index (χ4n) is 3.61. The second-order valence-corrected chi connectivity index (χ2v) is 7.48. The van der Waals surface area contributed by atoms with Gasteiger partial charge in [-0.1, -0.05) is 47.9 Å². The quantitative estimate of drug-likeness (QED) is 0.143. The van der Waals surface area contributed by atoms with Gasteiger partial charge in [0.05, 0.1) is 0 Å². The van der Waals surface area contributed by atoms with E-state index in [1.165, 1.54) is 0 Å². The van der Waals surface area contributed by atoms with Gasteiger partial charge in [0.25, 0.3) is 0 Å². The summed E-state index contributed by atoms with van der Waals surface area (Å²) in [7, 11) is 0. The maximum Gasteiger partial charge on any atom is 0.0345 e. The van der Waals surface area contributed by atoms with Crippen LogP contribution in [0.3, 0.4) is 0 Å². The zero-order chi connectivity index (χ0) is 19.7. The van der Waals surface area contributed by atoms with Gasteiger partial charge in [0.1, 0.15) is 0 Å². The van der Waals surface area contributed by atoms with Crippen LogP contribution in [0, 0.1) is 43.0 Å². The molecule has 0 spiro atoms. The van der Waals surface area contributed by atoms with E-state index >= 15 is 0 Å². The molecule has 4 aromatic carbocycles. The van der Waals surface area contributed by atoms with Crippen molar-refractivity contribution in [2.45, 2.75) is 0 Å². The van der Waals surface area contributed by atoms with Gasteiger partial charge in [-0.25, -0.2) is 0 Å². The molecular weight excluding hydrogens is 608 g/mol. The van der Waals surface area contributed by atoms with Crippen LogP contribution in [0.1, 0.15) is 22.3 Å². The lowest BCUT2D eigenvalue weighted by molar-refractivity contribution is 1.67. The smallest absolute Gasteiger partial charge is 0.0345 e. The van der Waals surface area contributed by atoms with Crippen molar-refractivity contribution in [3.8, 4) is 43.0 Å². The molecule has 4 rings (SSSR count). The molecule has 0 bridgehead atoms. The molecule has 0 fully saturated rings. The van der Waals surface area contributed by atoms with E-state index in [1.807, 2.05) is 12.1 Å². The first-order valence-electron chi connectivity index (χ1n) is 7.98. The van der Waals surface area contributed by atoms with Crippen LogP contribution in [0.4, 0.5) is 0 Å². The van der Waals surface area contributed by atoms with Crippen LogP contribution in [0.15, 0.2) is 36.4 Å². The monoisotopic (exact) mass is 610 g/mol. The highest BCUT2D eigenvalue weighted by Crippen LogP contribution is 2.40. The first-order valence-corrected chi connectivity index (χ1v) is 11.2. The van der Waals surface area contributed by atoms with Gasteiger partial charge in [-0.15, -0.1) is 0 Å². The van der Waals surface area contributed by atoms with Crippen molar-refractivity contribution in [2.24, 2.45) is 0 Å². The minimum Gasteiger partial charge on any atom is -0.0538 e. The molecule has 0 nitrogen and oxygen atoms in total. The standard InChI is InChI=1S/C24H6Br4/c25-9-5-15-13-17(7-11-27)21-3-4-22-18(8-12-28)14-16(6-10-26)20-2-1-19(15)23(21)24(20)22/h1-4,13-14H. The van der Waals surface area contributed by atoms with Crippen LogP contribution in [0.5, 0.6) is 0 Å². The lowest BCUT2D eigenvalue weighted by Crippen LogP contribution is -1.94. The molecule has 0 saturated heterocycles. The zero-order valence-electron chi connectivity index (χ0n) is 14.0. The maximum atomic E-state index is 3.23. The Labute approximate surface area is 196 Å². The highest BCUT2D eigenvalue weighted by atomic mass is 79.9. The molecule has 0 amide bonds. The Morgan fingerprint density at radius 1 is 0.429 bits per heavy atom.